The molecule has 2 heterocycles. The quantitative estimate of drug-likeness (QED) is 0.782. The van der Waals surface area contributed by atoms with Gasteiger partial charge in [0.25, 0.3) is 0 Å². The molecule has 128 valence electrons. The van der Waals surface area contributed by atoms with Gasteiger partial charge in [0, 0.05) is 11.4 Å². The van der Waals surface area contributed by atoms with E-state index in [0.29, 0.717) is 6.42 Å². The lowest BCUT2D eigenvalue weighted by Gasteiger charge is -2.33. The molecule has 0 bridgehead atoms. The Kier molecular flexibility index (Phi) is 4.76. The average molecular weight is 365 g/mol. The fourth-order valence-corrected chi connectivity index (χ4v) is 5.40. The first kappa shape index (κ1) is 17.1. The number of carbonyl (C=O) groups is 1. The van der Waals surface area contributed by atoms with Gasteiger partial charge in [-0.25, -0.2) is 13.2 Å². The number of thiophene rings is 1. The van der Waals surface area contributed by atoms with E-state index in [1.54, 1.807) is 35.6 Å². The third kappa shape index (κ3) is 2.87. The lowest BCUT2D eigenvalue weighted by atomic mass is 10.0. The molecule has 0 N–H and O–H groups in total. The van der Waals surface area contributed by atoms with Crippen LogP contribution in [0.15, 0.2) is 40.6 Å². The molecule has 2 aromatic rings. The van der Waals surface area contributed by atoms with Crippen LogP contribution >= 0.6 is 11.3 Å². The molecule has 7 heteroatoms. The highest BCUT2D eigenvalue weighted by molar-refractivity contribution is 7.89. The van der Waals surface area contributed by atoms with Gasteiger partial charge in [-0.15, -0.1) is 11.3 Å². The van der Waals surface area contributed by atoms with Crippen molar-refractivity contribution in [3.05, 3.63) is 51.7 Å². The number of esters is 1. The van der Waals surface area contributed by atoms with Crippen molar-refractivity contribution in [3.63, 3.8) is 0 Å². The molecule has 0 spiro atoms. The number of benzene rings is 1. The van der Waals surface area contributed by atoms with E-state index >= 15 is 0 Å². The maximum atomic E-state index is 13.1. The Balaban J connectivity index is 2.03. The molecule has 1 unspecified atom stereocenters. The molecule has 0 saturated heterocycles. The Morgan fingerprint density at radius 1 is 1.29 bits per heavy atom. The SMILES string of the molecule is CCc1ccc(S(=O)(=O)N2CCc3sccc3C2C(=O)OC)cc1. The molecule has 0 saturated carbocycles. The summed E-state index contributed by atoms with van der Waals surface area (Å²) in [4.78, 5) is 13.5. The Bertz CT molecular complexity index is 840. The molecule has 1 aromatic heterocycles. The van der Waals surface area contributed by atoms with Crippen molar-refractivity contribution in [2.24, 2.45) is 0 Å². The first-order valence-corrected chi connectivity index (χ1v) is 10.1. The van der Waals surface area contributed by atoms with Crippen molar-refractivity contribution < 1.29 is 17.9 Å². The average Bonchev–Trinajstić information content (AvgIpc) is 3.08. The maximum absolute atomic E-state index is 13.1. The van der Waals surface area contributed by atoms with Crippen LogP contribution in [0.1, 0.15) is 29.0 Å². The molecule has 1 aliphatic rings. The van der Waals surface area contributed by atoms with Crippen LogP contribution in [0.5, 0.6) is 0 Å². The van der Waals surface area contributed by atoms with Crippen LogP contribution in [-0.2, 0) is 32.4 Å². The van der Waals surface area contributed by atoms with Crippen LogP contribution in [-0.4, -0.2) is 32.3 Å². The van der Waals surface area contributed by atoms with Gasteiger partial charge in [0.1, 0.15) is 6.04 Å². The van der Waals surface area contributed by atoms with Gasteiger partial charge in [0.2, 0.25) is 10.0 Å². The number of sulfonamides is 1. The van der Waals surface area contributed by atoms with E-state index in [1.165, 1.54) is 11.4 Å². The summed E-state index contributed by atoms with van der Waals surface area (Å²) in [5.74, 6) is -0.553. The number of methoxy groups -OCH3 is 1. The van der Waals surface area contributed by atoms with Crippen LogP contribution in [0.25, 0.3) is 0 Å². The van der Waals surface area contributed by atoms with Gasteiger partial charge in [-0.1, -0.05) is 19.1 Å². The zero-order chi connectivity index (χ0) is 17.3. The minimum atomic E-state index is -3.77. The molecule has 0 aliphatic carbocycles. The number of hydrogen-bond acceptors (Lipinski definition) is 5. The Morgan fingerprint density at radius 3 is 2.62 bits per heavy atom. The number of hydrogen-bond donors (Lipinski definition) is 0. The third-order valence-corrected chi connectivity index (χ3v) is 7.16. The van der Waals surface area contributed by atoms with Gasteiger partial charge >= 0.3 is 5.97 Å². The maximum Gasteiger partial charge on any atom is 0.328 e. The van der Waals surface area contributed by atoms with E-state index in [4.69, 9.17) is 4.74 Å². The van der Waals surface area contributed by atoms with Crippen molar-refractivity contribution in [1.29, 1.82) is 0 Å². The van der Waals surface area contributed by atoms with Crippen molar-refractivity contribution in [3.8, 4) is 0 Å². The number of fused-ring (bicyclic) bond motifs is 1. The predicted octanol–water partition coefficient (Wildman–Crippen LogP) is 2.77. The second kappa shape index (κ2) is 6.66. The van der Waals surface area contributed by atoms with Gasteiger partial charge in [-0.3, -0.25) is 0 Å². The smallest absolute Gasteiger partial charge is 0.328 e. The second-order valence-corrected chi connectivity index (χ2v) is 8.48. The van der Waals surface area contributed by atoms with E-state index in [0.717, 1.165) is 22.4 Å². The van der Waals surface area contributed by atoms with Gasteiger partial charge in [-0.05, 0) is 47.5 Å². The van der Waals surface area contributed by atoms with Crippen LogP contribution in [0.2, 0.25) is 0 Å². The largest absolute Gasteiger partial charge is 0.468 e. The summed E-state index contributed by atoms with van der Waals surface area (Å²) in [6.45, 7) is 2.28. The zero-order valence-corrected chi connectivity index (χ0v) is 15.2. The molecule has 0 fully saturated rings. The zero-order valence-electron chi connectivity index (χ0n) is 13.6. The van der Waals surface area contributed by atoms with Crippen molar-refractivity contribution >= 4 is 27.3 Å². The third-order valence-electron chi connectivity index (χ3n) is 4.28. The van der Waals surface area contributed by atoms with Gasteiger partial charge < -0.3 is 4.74 Å². The number of nitrogens with zero attached hydrogens (tertiary/aromatic N) is 1. The van der Waals surface area contributed by atoms with Crippen LogP contribution in [0, 0.1) is 0 Å². The van der Waals surface area contributed by atoms with E-state index in [2.05, 4.69) is 0 Å². The Morgan fingerprint density at radius 2 is 2.00 bits per heavy atom. The molecule has 1 aliphatic heterocycles. The molecular weight excluding hydrogens is 346 g/mol. The number of carbonyl (C=O) groups excluding carboxylic acids is 1. The summed E-state index contributed by atoms with van der Waals surface area (Å²) >= 11 is 1.54. The lowest BCUT2D eigenvalue weighted by molar-refractivity contribution is -0.145. The molecule has 0 amide bonds. The predicted molar refractivity (Wildman–Crippen MR) is 92.5 cm³/mol. The number of ether oxygens (including phenoxy) is 1. The molecule has 24 heavy (non-hydrogen) atoms. The second-order valence-electron chi connectivity index (χ2n) is 5.59. The summed E-state index contributed by atoms with van der Waals surface area (Å²) in [6.07, 6.45) is 1.44. The normalized spacial score (nSPS) is 18.2. The first-order chi connectivity index (χ1) is 11.5. The molecule has 0 radical (unpaired) electrons. The van der Waals surface area contributed by atoms with Gasteiger partial charge in [0.15, 0.2) is 0 Å². The highest BCUT2D eigenvalue weighted by atomic mass is 32.2. The fraction of sp³-hybridized carbons (Fsp3) is 0.353. The van der Waals surface area contributed by atoms with Crippen LogP contribution in [0.3, 0.4) is 0 Å². The highest BCUT2D eigenvalue weighted by Gasteiger charge is 2.41. The molecular formula is C17H19NO4S2. The van der Waals surface area contributed by atoms with Gasteiger partial charge in [-0.2, -0.15) is 4.31 Å². The summed E-state index contributed by atoms with van der Waals surface area (Å²) in [5, 5.41) is 1.88. The molecule has 3 rings (SSSR count). The summed E-state index contributed by atoms with van der Waals surface area (Å²) in [7, 11) is -2.49. The van der Waals surface area contributed by atoms with Crippen molar-refractivity contribution in [1.82, 2.24) is 4.31 Å². The van der Waals surface area contributed by atoms with Crippen molar-refractivity contribution in [2.75, 3.05) is 13.7 Å². The summed E-state index contributed by atoms with van der Waals surface area (Å²) in [6, 6.07) is 7.71. The number of rotatable bonds is 4. The van der Waals surface area contributed by atoms with Gasteiger partial charge in [0.05, 0.1) is 12.0 Å². The van der Waals surface area contributed by atoms with Crippen LogP contribution in [0.4, 0.5) is 0 Å². The lowest BCUT2D eigenvalue weighted by Crippen LogP contribution is -2.43. The Hall–Kier alpha value is -1.70. The van der Waals surface area contributed by atoms with E-state index in [1.807, 2.05) is 18.4 Å². The minimum absolute atomic E-state index is 0.201. The molecule has 5 nitrogen and oxygen atoms in total. The van der Waals surface area contributed by atoms with Crippen LogP contribution < -0.4 is 0 Å². The Labute approximate surface area is 145 Å². The topological polar surface area (TPSA) is 63.7 Å². The summed E-state index contributed by atoms with van der Waals surface area (Å²) < 4.78 is 32.3. The van der Waals surface area contributed by atoms with Crippen molar-refractivity contribution in [2.45, 2.75) is 30.7 Å². The standard InChI is InChI=1S/C17H19NO4S2/c1-3-12-4-6-13(7-5-12)24(20,21)18-10-8-15-14(9-11-23-15)16(18)17(19)22-2/h4-7,9,11,16H,3,8,10H2,1-2H3. The van der Waals surface area contributed by atoms with E-state index in [9.17, 15) is 13.2 Å². The number of aryl methyl sites for hydroxylation is 1. The van der Waals surface area contributed by atoms with E-state index in [-0.39, 0.29) is 11.4 Å². The monoisotopic (exact) mass is 365 g/mol. The summed E-state index contributed by atoms with van der Waals surface area (Å²) in [5.41, 5.74) is 1.80. The fourth-order valence-electron chi connectivity index (χ4n) is 2.94. The van der Waals surface area contributed by atoms with E-state index < -0.39 is 22.0 Å². The minimum Gasteiger partial charge on any atom is -0.468 e. The first-order valence-electron chi connectivity index (χ1n) is 7.74. The highest BCUT2D eigenvalue weighted by Crippen LogP contribution is 2.37. The molecule has 1 aromatic carbocycles. The molecule has 1 atom stereocenters.